The Balaban J connectivity index is 1.87. The lowest BCUT2D eigenvalue weighted by Crippen LogP contribution is -2.17. The Morgan fingerprint density at radius 3 is 2.40 bits per heavy atom. The molecule has 0 saturated heterocycles. The second kappa shape index (κ2) is 9.10. The molecule has 9 heteroatoms. The third-order valence-electron chi connectivity index (χ3n) is 4.04. The Hall–Kier alpha value is -3.85. The second-order valence-electron chi connectivity index (χ2n) is 6.59. The van der Waals surface area contributed by atoms with Crippen molar-refractivity contribution in [3.8, 4) is 17.2 Å². The van der Waals surface area contributed by atoms with Crippen LogP contribution in [0, 0.1) is 0 Å². The molecule has 1 heterocycles. The van der Waals surface area contributed by atoms with E-state index in [0.717, 1.165) is 0 Å². The van der Waals surface area contributed by atoms with Crippen LogP contribution in [0.2, 0.25) is 0 Å². The first-order valence-electron chi connectivity index (χ1n) is 9.11. The Bertz CT molecular complexity index is 1050. The maximum absolute atomic E-state index is 12.7. The molecule has 9 nitrogen and oxygen atoms in total. The number of rotatable bonds is 8. The summed E-state index contributed by atoms with van der Waals surface area (Å²) < 4.78 is 13.0. The largest absolute Gasteiger partial charge is 0.561 e. The average Bonchev–Trinajstić information content (AvgIpc) is 3.12. The number of aliphatic hydroxyl groups excluding tert-OH is 1. The molecule has 0 bridgehead atoms. The standard InChI is InChI=1S/C21H21N3O6/c1-13(12-25)29-17-9-15(20(26)22-19-7-8-24(2)23-19)10-18(11-17)30-16-5-3-14(4-6-16)21(27)28/h3-11,13,25H,12H2,1-2H3,(H,27,28)(H,22,23,26)/p+1/t13-/m0/s1. The molecule has 30 heavy (non-hydrogen) atoms. The number of aryl methyl sites for hydroxylation is 1. The van der Waals surface area contributed by atoms with Gasteiger partial charge in [-0.1, -0.05) is 0 Å². The van der Waals surface area contributed by atoms with Gasteiger partial charge in [0.05, 0.1) is 6.61 Å². The van der Waals surface area contributed by atoms with Gasteiger partial charge in [0, 0.05) is 35.7 Å². The van der Waals surface area contributed by atoms with Gasteiger partial charge in [0.2, 0.25) is 0 Å². The van der Waals surface area contributed by atoms with Crippen LogP contribution < -0.4 is 14.8 Å². The Labute approximate surface area is 172 Å². The molecule has 2 aromatic carbocycles. The third kappa shape index (κ3) is 5.36. The fourth-order valence-corrected chi connectivity index (χ4v) is 2.58. The molecule has 0 aliphatic heterocycles. The van der Waals surface area contributed by atoms with Crippen LogP contribution in [0.25, 0.3) is 0 Å². The Morgan fingerprint density at radius 1 is 1.10 bits per heavy atom. The molecule has 1 aromatic heterocycles. The molecule has 0 fully saturated rings. The fourth-order valence-electron chi connectivity index (χ4n) is 2.58. The van der Waals surface area contributed by atoms with Crippen molar-refractivity contribution in [3.05, 3.63) is 65.9 Å². The number of anilines is 1. The average molecular weight is 412 g/mol. The summed E-state index contributed by atoms with van der Waals surface area (Å²) in [5.41, 5.74) is 0.517. The van der Waals surface area contributed by atoms with Crippen molar-refractivity contribution in [2.45, 2.75) is 13.0 Å². The second-order valence-corrected chi connectivity index (χ2v) is 6.59. The van der Waals surface area contributed by atoms with Crippen LogP contribution in [0.3, 0.4) is 0 Å². The monoisotopic (exact) mass is 412 g/mol. The van der Waals surface area contributed by atoms with Crippen LogP contribution in [0.15, 0.2) is 54.7 Å². The molecule has 4 N–H and O–H groups in total. The van der Waals surface area contributed by atoms with Crippen molar-refractivity contribution in [2.75, 3.05) is 11.9 Å². The molecule has 0 radical (unpaired) electrons. The maximum Gasteiger partial charge on any atom is 0.549 e. The zero-order valence-corrected chi connectivity index (χ0v) is 16.5. The summed E-state index contributed by atoms with van der Waals surface area (Å²) in [5, 5.41) is 23.2. The minimum Gasteiger partial charge on any atom is -0.561 e. The van der Waals surface area contributed by atoms with E-state index in [0.29, 0.717) is 23.1 Å². The topological polar surface area (TPSA) is 126 Å². The molecule has 0 saturated carbocycles. The van der Waals surface area contributed by atoms with Crippen molar-refractivity contribution < 1.29 is 29.3 Å². The quantitative estimate of drug-likeness (QED) is 0.546. The zero-order valence-electron chi connectivity index (χ0n) is 16.5. The van der Waals surface area contributed by atoms with Gasteiger partial charge in [-0.15, -0.1) is 0 Å². The molecular formula is C21H22N3O6+. The summed E-state index contributed by atoms with van der Waals surface area (Å²) in [6.07, 6.45) is 1.23. The van der Waals surface area contributed by atoms with Gasteiger partial charge in [0.25, 0.3) is 5.91 Å². The van der Waals surface area contributed by atoms with Gasteiger partial charge >= 0.3 is 5.97 Å². The summed E-state index contributed by atoms with van der Waals surface area (Å²) >= 11 is 0. The lowest BCUT2D eigenvalue weighted by molar-refractivity contribution is 0.0696. The van der Waals surface area contributed by atoms with Crippen LogP contribution >= 0.6 is 0 Å². The number of nitrogens with one attached hydrogen (secondary N) is 1. The van der Waals surface area contributed by atoms with Gasteiger partial charge in [0.15, 0.2) is 5.82 Å². The van der Waals surface area contributed by atoms with Crippen LogP contribution in [0.1, 0.15) is 27.6 Å². The van der Waals surface area contributed by atoms with Crippen molar-refractivity contribution in [2.24, 2.45) is 7.05 Å². The van der Waals surface area contributed by atoms with Gasteiger partial charge < -0.3 is 25.0 Å². The SMILES string of the molecule is C[C@@H](CO)Oc1cc(Oc2ccc(C(=O)[OH2+])cc2)cc(C(=O)Nc2ccn(C)n2)c1. The van der Waals surface area contributed by atoms with Crippen LogP contribution in [0.5, 0.6) is 17.2 Å². The lowest BCUT2D eigenvalue weighted by Gasteiger charge is -2.15. The highest BCUT2D eigenvalue weighted by Gasteiger charge is 2.15. The highest BCUT2D eigenvalue weighted by molar-refractivity contribution is 6.04. The molecule has 0 aliphatic rings. The number of hydrogen-bond donors (Lipinski definition) is 2. The molecule has 156 valence electrons. The molecule has 3 aromatic rings. The van der Waals surface area contributed by atoms with E-state index in [1.165, 1.54) is 18.2 Å². The predicted octanol–water partition coefficient (Wildman–Crippen LogP) is 2.09. The van der Waals surface area contributed by atoms with Crippen molar-refractivity contribution in [1.29, 1.82) is 0 Å². The highest BCUT2D eigenvalue weighted by atomic mass is 16.5. The summed E-state index contributed by atoms with van der Waals surface area (Å²) in [4.78, 5) is 23.8. The van der Waals surface area contributed by atoms with E-state index >= 15 is 0 Å². The van der Waals surface area contributed by atoms with Crippen molar-refractivity contribution in [3.63, 3.8) is 0 Å². The Morgan fingerprint density at radius 2 is 1.80 bits per heavy atom. The van der Waals surface area contributed by atoms with E-state index in [-0.39, 0.29) is 17.7 Å². The first-order chi connectivity index (χ1) is 14.3. The molecule has 0 aliphatic carbocycles. The lowest BCUT2D eigenvalue weighted by atomic mass is 10.1. The number of benzene rings is 2. The third-order valence-corrected chi connectivity index (χ3v) is 4.04. The molecular weight excluding hydrogens is 390 g/mol. The van der Waals surface area contributed by atoms with Gasteiger partial charge in [-0.25, -0.2) is 0 Å². The van der Waals surface area contributed by atoms with Gasteiger partial charge in [-0.05, 0) is 43.3 Å². The van der Waals surface area contributed by atoms with Gasteiger partial charge in [0.1, 0.15) is 28.9 Å². The first kappa shape index (κ1) is 20.9. The predicted molar refractivity (Wildman–Crippen MR) is 109 cm³/mol. The number of aliphatic hydroxyl groups is 1. The van der Waals surface area contributed by atoms with Crippen molar-refractivity contribution >= 4 is 17.7 Å². The van der Waals surface area contributed by atoms with Crippen LogP contribution in [0.4, 0.5) is 5.82 Å². The first-order valence-corrected chi connectivity index (χ1v) is 9.11. The highest BCUT2D eigenvalue weighted by Crippen LogP contribution is 2.29. The number of carbonyl (C=O) groups is 2. The van der Waals surface area contributed by atoms with E-state index < -0.39 is 18.0 Å². The van der Waals surface area contributed by atoms with E-state index in [9.17, 15) is 14.7 Å². The minimum absolute atomic E-state index is 0.191. The number of hydrogen-bond acceptors (Lipinski definition) is 6. The molecule has 1 amide bonds. The van der Waals surface area contributed by atoms with Gasteiger partial charge in [-0.3, -0.25) is 9.48 Å². The van der Waals surface area contributed by atoms with Crippen molar-refractivity contribution in [1.82, 2.24) is 9.78 Å². The molecule has 3 rings (SSSR count). The maximum atomic E-state index is 12.7. The van der Waals surface area contributed by atoms with E-state index in [4.69, 9.17) is 14.6 Å². The fraction of sp³-hybridized carbons (Fsp3) is 0.190. The van der Waals surface area contributed by atoms with Gasteiger partial charge in [-0.2, -0.15) is 5.10 Å². The number of amides is 1. The summed E-state index contributed by atoms with van der Waals surface area (Å²) in [6.45, 7) is 1.50. The molecule has 0 spiro atoms. The minimum atomic E-state index is -0.789. The number of ether oxygens (including phenoxy) is 2. The number of carbonyl (C=O) groups excluding carboxylic acids is 2. The van der Waals surface area contributed by atoms with E-state index in [1.54, 1.807) is 55.2 Å². The zero-order chi connectivity index (χ0) is 21.7. The number of aromatic nitrogens is 2. The smallest absolute Gasteiger partial charge is 0.549 e. The normalized spacial score (nSPS) is 11.6. The summed E-state index contributed by atoms with van der Waals surface area (Å²) in [7, 11) is 1.74. The Kier molecular flexibility index (Phi) is 6.33. The molecule has 1 atom stereocenters. The van der Waals surface area contributed by atoms with E-state index in [2.05, 4.69) is 10.4 Å². The number of nitrogens with zero attached hydrogens (tertiary/aromatic N) is 2. The van der Waals surface area contributed by atoms with Crippen LogP contribution in [-0.2, 0) is 7.05 Å². The summed E-state index contributed by atoms with van der Waals surface area (Å²) in [6, 6.07) is 12.4. The summed E-state index contributed by atoms with van der Waals surface area (Å²) in [5.74, 6) is 0.297. The van der Waals surface area contributed by atoms with Crippen LogP contribution in [-0.4, -0.2) is 44.6 Å². The van der Waals surface area contributed by atoms with E-state index in [1.807, 2.05) is 0 Å². The molecule has 0 unspecified atom stereocenters.